The van der Waals surface area contributed by atoms with E-state index >= 15 is 0 Å². The molecule has 0 saturated carbocycles. The van der Waals surface area contributed by atoms with Crippen molar-refractivity contribution in [1.82, 2.24) is 15.1 Å². The van der Waals surface area contributed by atoms with Crippen molar-refractivity contribution < 1.29 is 9.53 Å². The van der Waals surface area contributed by atoms with Gasteiger partial charge in [-0.15, -0.1) is 0 Å². The van der Waals surface area contributed by atoms with Gasteiger partial charge in [0.2, 0.25) is 0 Å². The normalized spacial score (nSPS) is 16.1. The molecule has 0 amide bonds. The Morgan fingerprint density at radius 2 is 2.14 bits per heavy atom. The molecule has 116 valence electrons. The summed E-state index contributed by atoms with van der Waals surface area (Å²) in [5.74, 6) is -0.277. The van der Waals surface area contributed by atoms with Crippen LogP contribution >= 0.6 is 0 Å². The first kappa shape index (κ1) is 15.9. The highest BCUT2D eigenvalue weighted by atomic mass is 16.5. The second-order valence-corrected chi connectivity index (χ2v) is 5.52. The van der Waals surface area contributed by atoms with Gasteiger partial charge in [-0.3, -0.25) is 4.90 Å². The predicted octanol–water partition coefficient (Wildman–Crippen LogP) is 0.810. The number of esters is 1. The number of hydrogen-bond donors (Lipinski definition) is 1. The Kier molecular flexibility index (Phi) is 6.17. The van der Waals surface area contributed by atoms with Gasteiger partial charge in [-0.2, -0.15) is 0 Å². The van der Waals surface area contributed by atoms with Gasteiger partial charge in [0.15, 0.2) is 0 Å². The maximum Gasteiger partial charge on any atom is 0.337 e. The minimum atomic E-state index is -0.277. The van der Waals surface area contributed by atoms with Crippen LogP contribution in [0.15, 0.2) is 24.3 Å². The summed E-state index contributed by atoms with van der Waals surface area (Å²) in [5.41, 5.74) is 1.76. The molecule has 1 aromatic carbocycles. The smallest absolute Gasteiger partial charge is 0.337 e. The molecule has 1 heterocycles. The number of nitrogens with one attached hydrogen (secondary N) is 1. The summed E-state index contributed by atoms with van der Waals surface area (Å²) in [6, 6.07) is 7.66. The first-order valence-electron chi connectivity index (χ1n) is 7.48. The van der Waals surface area contributed by atoms with Crippen molar-refractivity contribution in [1.29, 1.82) is 0 Å². The minimum Gasteiger partial charge on any atom is -0.465 e. The zero-order chi connectivity index (χ0) is 15.1. The lowest BCUT2D eigenvalue weighted by molar-refractivity contribution is 0.0600. The highest BCUT2D eigenvalue weighted by molar-refractivity contribution is 5.89. The van der Waals surface area contributed by atoms with Crippen LogP contribution in [0.5, 0.6) is 0 Å². The van der Waals surface area contributed by atoms with Gasteiger partial charge in [0.1, 0.15) is 0 Å². The van der Waals surface area contributed by atoms with Crippen LogP contribution in [0.3, 0.4) is 0 Å². The van der Waals surface area contributed by atoms with Crippen molar-refractivity contribution in [3.63, 3.8) is 0 Å². The van der Waals surface area contributed by atoms with Crippen LogP contribution in [0.1, 0.15) is 15.9 Å². The quantitative estimate of drug-likeness (QED) is 0.786. The van der Waals surface area contributed by atoms with Crippen LogP contribution < -0.4 is 5.32 Å². The summed E-state index contributed by atoms with van der Waals surface area (Å²) < 4.78 is 4.76. The number of ether oxygens (including phenoxy) is 1. The minimum absolute atomic E-state index is 0.277. The van der Waals surface area contributed by atoms with E-state index in [2.05, 4.69) is 22.2 Å². The molecule has 0 aliphatic carbocycles. The molecule has 1 aromatic rings. The van der Waals surface area contributed by atoms with Gasteiger partial charge in [0, 0.05) is 45.8 Å². The maximum atomic E-state index is 11.5. The molecule has 1 aliphatic rings. The van der Waals surface area contributed by atoms with Crippen molar-refractivity contribution in [2.24, 2.45) is 0 Å². The van der Waals surface area contributed by atoms with E-state index in [1.807, 2.05) is 18.2 Å². The molecular weight excluding hydrogens is 266 g/mol. The van der Waals surface area contributed by atoms with Crippen molar-refractivity contribution in [2.45, 2.75) is 6.54 Å². The summed E-state index contributed by atoms with van der Waals surface area (Å²) >= 11 is 0. The Labute approximate surface area is 126 Å². The van der Waals surface area contributed by atoms with Crippen LogP contribution in [0.4, 0.5) is 0 Å². The fourth-order valence-corrected chi connectivity index (χ4v) is 2.55. The molecule has 1 fully saturated rings. The molecule has 2 rings (SSSR count). The lowest BCUT2D eigenvalue weighted by atomic mass is 10.1. The molecule has 0 atom stereocenters. The molecule has 5 heteroatoms. The van der Waals surface area contributed by atoms with Crippen LogP contribution in [-0.2, 0) is 11.3 Å². The number of carbonyl (C=O) groups is 1. The fourth-order valence-electron chi connectivity index (χ4n) is 2.55. The molecule has 0 spiro atoms. The van der Waals surface area contributed by atoms with E-state index in [1.165, 1.54) is 7.11 Å². The van der Waals surface area contributed by atoms with E-state index in [4.69, 9.17) is 4.74 Å². The molecule has 1 saturated heterocycles. The third-order valence-electron chi connectivity index (χ3n) is 3.81. The summed E-state index contributed by atoms with van der Waals surface area (Å²) in [6.07, 6.45) is 0. The molecule has 0 bridgehead atoms. The summed E-state index contributed by atoms with van der Waals surface area (Å²) in [5, 5.41) is 3.37. The molecule has 0 unspecified atom stereocenters. The van der Waals surface area contributed by atoms with Gasteiger partial charge in [-0.1, -0.05) is 12.1 Å². The maximum absolute atomic E-state index is 11.5. The molecule has 5 nitrogen and oxygen atoms in total. The second-order valence-electron chi connectivity index (χ2n) is 5.52. The van der Waals surface area contributed by atoms with Gasteiger partial charge < -0.3 is 15.0 Å². The third-order valence-corrected chi connectivity index (χ3v) is 3.81. The van der Waals surface area contributed by atoms with Gasteiger partial charge in [0.05, 0.1) is 12.7 Å². The van der Waals surface area contributed by atoms with Crippen LogP contribution in [0.2, 0.25) is 0 Å². The molecule has 0 aromatic heterocycles. The number of carbonyl (C=O) groups excluding carboxylic acids is 1. The van der Waals surface area contributed by atoms with E-state index in [1.54, 1.807) is 6.07 Å². The average Bonchev–Trinajstić information content (AvgIpc) is 2.53. The van der Waals surface area contributed by atoms with E-state index in [0.717, 1.165) is 51.4 Å². The molecule has 1 N–H and O–H groups in total. The van der Waals surface area contributed by atoms with Gasteiger partial charge in [0.25, 0.3) is 0 Å². The Balaban J connectivity index is 1.81. The van der Waals surface area contributed by atoms with Crippen molar-refractivity contribution in [2.75, 3.05) is 53.4 Å². The van der Waals surface area contributed by atoms with Crippen molar-refractivity contribution in [3.8, 4) is 0 Å². The molecule has 21 heavy (non-hydrogen) atoms. The highest BCUT2D eigenvalue weighted by Crippen LogP contribution is 2.09. The third kappa shape index (κ3) is 5.12. The predicted molar refractivity (Wildman–Crippen MR) is 83.4 cm³/mol. The number of rotatable bonds is 6. The van der Waals surface area contributed by atoms with Crippen LogP contribution in [0.25, 0.3) is 0 Å². The SMILES string of the molecule is COC(=O)c1cccc(CN(C)CCN2CCNCC2)c1. The standard InChI is InChI=1S/C16H25N3O2/c1-18(10-11-19-8-6-17-7-9-19)13-14-4-3-5-15(12-14)16(20)21-2/h3-5,12,17H,6-11,13H2,1-2H3. The van der Waals surface area contributed by atoms with Crippen molar-refractivity contribution in [3.05, 3.63) is 35.4 Å². The summed E-state index contributed by atoms with van der Waals surface area (Å²) in [7, 11) is 3.53. The molecule has 0 radical (unpaired) electrons. The topological polar surface area (TPSA) is 44.8 Å². The van der Waals surface area contributed by atoms with E-state index in [0.29, 0.717) is 5.56 Å². The highest BCUT2D eigenvalue weighted by Gasteiger charge is 2.11. The van der Waals surface area contributed by atoms with Gasteiger partial charge >= 0.3 is 5.97 Å². The van der Waals surface area contributed by atoms with Crippen LogP contribution in [-0.4, -0.2) is 69.2 Å². The Bertz CT molecular complexity index is 459. The van der Waals surface area contributed by atoms with E-state index in [-0.39, 0.29) is 5.97 Å². The first-order chi connectivity index (χ1) is 10.2. The molecule has 1 aliphatic heterocycles. The number of methoxy groups -OCH3 is 1. The lowest BCUT2D eigenvalue weighted by Crippen LogP contribution is -2.45. The van der Waals surface area contributed by atoms with Gasteiger partial charge in [-0.05, 0) is 24.7 Å². The fraction of sp³-hybridized carbons (Fsp3) is 0.562. The zero-order valence-electron chi connectivity index (χ0n) is 13.0. The Morgan fingerprint density at radius 1 is 1.38 bits per heavy atom. The monoisotopic (exact) mass is 291 g/mol. The lowest BCUT2D eigenvalue weighted by Gasteiger charge is -2.29. The Morgan fingerprint density at radius 3 is 2.86 bits per heavy atom. The zero-order valence-corrected chi connectivity index (χ0v) is 13.0. The first-order valence-corrected chi connectivity index (χ1v) is 7.48. The average molecular weight is 291 g/mol. The molecular formula is C16H25N3O2. The summed E-state index contributed by atoms with van der Waals surface area (Å²) in [6.45, 7) is 7.40. The van der Waals surface area contributed by atoms with Gasteiger partial charge in [-0.25, -0.2) is 4.79 Å². The number of piperazine rings is 1. The largest absolute Gasteiger partial charge is 0.465 e. The van der Waals surface area contributed by atoms with Crippen molar-refractivity contribution >= 4 is 5.97 Å². The van der Waals surface area contributed by atoms with E-state index < -0.39 is 0 Å². The number of benzene rings is 1. The number of likely N-dealkylation sites (N-methyl/N-ethyl adjacent to an activating group) is 1. The summed E-state index contributed by atoms with van der Waals surface area (Å²) in [4.78, 5) is 16.3. The van der Waals surface area contributed by atoms with E-state index in [9.17, 15) is 4.79 Å². The second kappa shape index (κ2) is 8.12. The number of nitrogens with zero attached hydrogens (tertiary/aromatic N) is 2. The Hall–Kier alpha value is -1.43. The van der Waals surface area contributed by atoms with Crippen LogP contribution in [0, 0.1) is 0 Å². The number of hydrogen-bond acceptors (Lipinski definition) is 5.